The predicted molar refractivity (Wildman–Crippen MR) is 82.7 cm³/mol. The Morgan fingerprint density at radius 1 is 1.45 bits per heavy atom. The van der Waals surface area contributed by atoms with Gasteiger partial charge in [-0.2, -0.15) is 15.2 Å². The van der Waals surface area contributed by atoms with Gasteiger partial charge in [0.05, 0.1) is 11.4 Å². The molecule has 0 saturated heterocycles. The highest BCUT2D eigenvalue weighted by molar-refractivity contribution is 7.80. The van der Waals surface area contributed by atoms with Crippen LogP contribution in [0.4, 0.5) is 11.5 Å². The average molecular weight is 287 g/mol. The van der Waals surface area contributed by atoms with Crippen molar-refractivity contribution in [3.05, 3.63) is 35.5 Å². The van der Waals surface area contributed by atoms with Crippen molar-refractivity contribution >= 4 is 24.1 Å². The smallest absolute Gasteiger partial charge is 0.163 e. The van der Waals surface area contributed by atoms with Gasteiger partial charge in [-0.15, -0.1) is 12.6 Å². The molecule has 0 amide bonds. The molecule has 0 aliphatic heterocycles. The first-order valence-corrected chi connectivity index (χ1v) is 6.94. The van der Waals surface area contributed by atoms with E-state index in [0.717, 1.165) is 35.5 Å². The number of nitrogens with two attached hydrogens (primary N) is 1. The van der Waals surface area contributed by atoms with Gasteiger partial charge in [0.15, 0.2) is 5.82 Å². The number of nitrogen functional groups attached to an aromatic ring is 1. The van der Waals surface area contributed by atoms with Crippen LogP contribution in [0.2, 0.25) is 0 Å². The van der Waals surface area contributed by atoms with Gasteiger partial charge in [0.1, 0.15) is 11.6 Å². The average Bonchev–Trinajstić information content (AvgIpc) is 2.75. The Labute approximate surface area is 123 Å². The second-order valence-corrected chi connectivity index (χ2v) is 4.94. The van der Waals surface area contributed by atoms with Gasteiger partial charge in [-0.1, -0.05) is 25.5 Å². The number of para-hydroxylation sites is 1. The zero-order chi connectivity index (χ0) is 14.5. The molecule has 2 rings (SSSR count). The summed E-state index contributed by atoms with van der Waals surface area (Å²) in [6.07, 6.45) is 2.78. The molecule has 0 aliphatic carbocycles. The van der Waals surface area contributed by atoms with Gasteiger partial charge in [0, 0.05) is 4.90 Å². The number of nitriles is 1. The number of hydrogen-bond donors (Lipinski definition) is 3. The Bertz CT molecular complexity index is 641. The Hall–Kier alpha value is -2.13. The van der Waals surface area contributed by atoms with Crippen LogP contribution in [0.1, 0.15) is 31.0 Å². The molecule has 0 spiro atoms. The lowest BCUT2D eigenvalue weighted by atomic mass is 10.1. The number of nitrogens with one attached hydrogen (secondary N) is 1. The normalized spacial score (nSPS) is 10.2. The van der Waals surface area contributed by atoms with Crippen LogP contribution in [0.5, 0.6) is 0 Å². The molecular formula is C14H17N5S. The van der Waals surface area contributed by atoms with Crippen LogP contribution in [-0.4, -0.2) is 9.89 Å². The number of thiol groups is 1. The number of hydrogen-bond acceptors (Lipinski definition) is 5. The molecule has 1 aromatic heterocycles. The van der Waals surface area contributed by atoms with Gasteiger partial charge in [-0.3, -0.25) is 5.43 Å². The number of aryl methyl sites for hydroxylation is 1. The molecule has 0 radical (unpaired) electrons. The fourth-order valence-electron chi connectivity index (χ4n) is 1.89. The van der Waals surface area contributed by atoms with Crippen molar-refractivity contribution in [2.45, 2.75) is 31.1 Å². The summed E-state index contributed by atoms with van der Waals surface area (Å²) in [5, 5.41) is 13.6. The van der Waals surface area contributed by atoms with Crippen LogP contribution >= 0.6 is 12.6 Å². The van der Waals surface area contributed by atoms with Crippen molar-refractivity contribution in [3.8, 4) is 6.07 Å². The van der Waals surface area contributed by atoms with E-state index in [1.54, 1.807) is 0 Å². The molecular weight excluding hydrogens is 270 g/mol. The summed E-state index contributed by atoms with van der Waals surface area (Å²) in [6.45, 7) is 2.10. The largest absolute Gasteiger partial charge is 0.381 e. The summed E-state index contributed by atoms with van der Waals surface area (Å²) in [5.74, 6) is 0.329. The van der Waals surface area contributed by atoms with E-state index in [1.807, 2.05) is 24.3 Å². The number of aromatic nitrogens is 2. The predicted octanol–water partition coefficient (Wildman–Crippen LogP) is 2.84. The van der Waals surface area contributed by atoms with Crippen molar-refractivity contribution in [2.24, 2.45) is 0 Å². The van der Waals surface area contributed by atoms with Crippen molar-refractivity contribution < 1.29 is 0 Å². The van der Waals surface area contributed by atoms with Crippen LogP contribution in [0.25, 0.3) is 0 Å². The minimum Gasteiger partial charge on any atom is -0.381 e. The molecule has 0 saturated carbocycles. The monoisotopic (exact) mass is 287 g/mol. The van der Waals surface area contributed by atoms with Crippen LogP contribution in [0, 0.1) is 11.3 Å². The third kappa shape index (κ3) is 2.89. The van der Waals surface area contributed by atoms with Gasteiger partial charge >= 0.3 is 0 Å². The third-order valence-corrected chi connectivity index (χ3v) is 3.39. The second kappa shape index (κ2) is 6.35. The number of unbranched alkanes of at least 4 members (excludes halogenated alkanes) is 1. The highest BCUT2D eigenvalue weighted by Gasteiger charge is 2.15. The highest BCUT2D eigenvalue weighted by atomic mass is 32.1. The summed E-state index contributed by atoms with van der Waals surface area (Å²) in [7, 11) is 0. The van der Waals surface area contributed by atoms with Crippen LogP contribution in [0.15, 0.2) is 29.2 Å². The first kappa shape index (κ1) is 14.3. The van der Waals surface area contributed by atoms with Crippen LogP contribution in [-0.2, 0) is 6.42 Å². The van der Waals surface area contributed by atoms with Gasteiger partial charge < -0.3 is 5.73 Å². The Balaban J connectivity index is 2.31. The van der Waals surface area contributed by atoms with Gasteiger partial charge in [-0.25, -0.2) is 0 Å². The van der Waals surface area contributed by atoms with E-state index >= 15 is 0 Å². The first-order chi connectivity index (χ1) is 9.67. The maximum atomic E-state index is 9.21. The van der Waals surface area contributed by atoms with E-state index in [0.29, 0.717) is 11.4 Å². The maximum Gasteiger partial charge on any atom is 0.163 e. The Kier molecular flexibility index (Phi) is 4.53. The fraction of sp³-hybridized carbons (Fsp3) is 0.286. The van der Waals surface area contributed by atoms with Crippen molar-refractivity contribution in [1.82, 2.24) is 9.89 Å². The molecule has 20 heavy (non-hydrogen) atoms. The molecule has 1 heterocycles. The number of anilines is 2. The molecule has 0 aliphatic rings. The lowest BCUT2D eigenvalue weighted by molar-refractivity contribution is 0.732. The van der Waals surface area contributed by atoms with E-state index in [-0.39, 0.29) is 0 Å². The minimum absolute atomic E-state index is 0.329. The molecule has 0 bridgehead atoms. The van der Waals surface area contributed by atoms with Crippen LogP contribution in [0.3, 0.4) is 0 Å². The van der Waals surface area contributed by atoms with E-state index in [9.17, 15) is 5.26 Å². The summed E-state index contributed by atoms with van der Waals surface area (Å²) in [5.41, 5.74) is 11.0. The molecule has 1 aromatic carbocycles. The quantitative estimate of drug-likeness (QED) is 0.739. The van der Waals surface area contributed by atoms with Crippen molar-refractivity contribution in [3.63, 3.8) is 0 Å². The topological polar surface area (TPSA) is 79.7 Å². The summed E-state index contributed by atoms with van der Waals surface area (Å²) < 4.78 is 0. The van der Waals surface area contributed by atoms with E-state index in [4.69, 9.17) is 5.73 Å². The summed E-state index contributed by atoms with van der Waals surface area (Å²) >= 11 is 4.36. The standard InChI is InChI=1S/C14H17N5S/c1-2-3-6-11-10(9-15)14(16)19(17-11)18-12-7-4-5-8-13(12)20/h4-5,7-8,18,20H,2-3,6,16H2,1H3. The molecule has 0 atom stereocenters. The fourth-order valence-corrected chi connectivity index (χ4v) is 2.10. The summed E-state index contributed by atoms with van der Waals surface area (Å²) in [4.78, 5) is 2.23. The van der Waals surface area contributed by atoms with Crippen molar-refractivity contribution in [2.75, 3.05) is 11.2 Å². The second-order valence-electron chi connectivity index (χ2n) is 4.46. The van der Waals surface area contributed by atoms with Gasteiger partial charge in [0.2, 0.25) is 0 Å². The molecule has 6 heteroatoms. The zero-order valence-corrected chi connectivity index (χ0v) is 12.2. The zero-order valence-electron chi connectivity index (χ0n) is 11.3. The van der Waals surface area contributed by atoms with Gasteiger partial charge in [0.25, 0.3) is 0 Å². The molecule has 0 fully saturated rings. The summed E-state index contributed by atoms with van der Waals surface area (Å²) in [6, 6.07) is 9.66. The molecule has 3 N–H and O–H groups in total. The molecule has 5 nitrogen and oxygen atoms in total. The van der Waals surface area contributed by atoms with E-state index < -0.39 is 0 Å². The SMILES string of the molecule is CCCCc1nn(Nc2ccccc2S)c(N)c1C#N. The van der Waals surface area contributed by atoms with E-state index in [1.165, 1.54) is 4.79 Å². The maximum absolute atomic E-state index is 9.21. The highest BCUT2D eigenvalue weighted by Crippen LogP contribution is 2.22. The first-order valence-electron chi connectivity index (χ1n) is 6.49. The number of nitrogens with zero attached hydrogens (tertiary/aromatic N) is 3. The molecule has 104 valence electrons. The Morgan fingerprint density at radius 2 is 2.20 bits per heavy atom. The number of rotatable bonds is 5. The molecule has 0 unspecified atom stereocenters. The lowest BCUT2D eigenvalue weighted by Gasteiger charge is -2.09. The van der Waals surface area contributed by atoms with Crippen molar-refractivity contribution in [1.29, 1.82) is 5.26 Å². The Morgan fingerprint density at radius 3 is 2.85 bits per heavy atom. The van der Waals surface area contributed by atoms with Gasteiger partial charge in [-0.05, 0) is 25.0 Å². The minimum atomic E-state index is 0.329. The molecule has 2 aromatic rings. The third-order valence-electron chi connectivity index (χ3n) is 3.00. The van der Waals surface area contributed by atoms with Crippen LogP contribution < -0.4 is 11.2 Å². The lowest BCUT2D eigenvalue weighted by Crippen LogP contribution is -2.14. The number of benzene rings is 1. The van der Waals surface area contributed by atoms with E-state index in [2.05, 4.69) is 36.1 Å².